The van der Waals surface area contributed by atoms with Gasteiger partial charge in [-0.2, -0.15) is 4.98 Å². The molecule has 1 saturated heterocycles. The summed E-state index contributed by atoms with van der Waals surface area (Å²) >= 11 is 0. The van der Waals surface area contributed by atoms with Crippen molar-refractivity contribution in [3.63, 3.8) is 0 Å². The number of carbonyl (C=O) groups is 1. The number of aromatic nitrogens is 4. The summed E-state index contributed by atoms with van der Waals surface area (Å²) in [5, 5.41) is 12.2. The van der Waals surface area contributed by atoms with Crippen LogP contribution in [0.25, 0.3) is 11.6 Å². The second-order valence-electron chi connectivity index (χ2n) is 7.47. The number of hydrogen-bond donors (Lipinski definition) is 0. The maximum atomic E-state index is 11.7. The number of carbonyl (C=O) groups excluding carboxylic acids is 1. The average molecular weight is 407 g/mol. The van der Waals surface area contributed by atoms with Crippen LogP contribution in [0.2, 0.25) is 0 Å². The van der Waals surface area contributed by atoms with Crippen LogP contribution in [-0.2, 0) is 10.2 Å². The molecule has 0 bridgehead atoms. The molecule has 0 aliphatic carbocycles. The molecular formula is C21H21N5O4. The number of hydrogen-bond acceptors (Lipinski definition) is 9. The zero-order valence-electron chi connectivity index (χ0n) is 16.6. The minimum absolute atomic E-state index is 0.0910. The Hall–Kier alpha value is -3.49. The quantitative estimate of drug-likeness (QED) is 0.604. The van der Waals surface area contributed by atoms with Crippen molar-refractivity contribution in [2.75, 3.05) is 31.2 Å². The number of anilines is 1. The summed E-state index contributed by atoms with van der Waals surface area (Å²) < 4.78 is 15.9. The summed E-state index contributed by atoms with van der Waals surface area (Å²) in [7, 11) is 0. The molecule has 2 aliphatic heterocycles. The molecule has 30 heavy (non-hydrogen) atoms. The monoisotopic (exact) mass is 407 g/mol. The van der Waals surface area contributed by atoms with Gasteiger partial charge in [0.05, 0.1) is 13.2 Å². The standard InChI is InChI=1S/C21H21N5O4/c1-2-28-20(27)18-22-19(30-25-18)15-7-8-17(24-23-15)26-11-9-21(10-12-26)13-29-16-6-4-3-5-14(16)21/h3-8H,2,9-13H2,1H3. The Labute approximate surface area is 173 Å². The highest BCUT2D eigenvalue weighted by atomic mass is 16.5. The molecule has 1 spiro atoms. The predicted molar refractivity (Wildman–Crippen MR) is 106 cm³/mol. The van der Waals surface area contributed by atoms with Crippen LogP contribution < -0.4 is 9.64 Å². The number of piperidine rings is 1. The first-order valence-corrected chi connectivity index (χ1v) is 10.0. The number of esters is 1. The molecule has 0 unspecified atom stereocenters. The van der Waals surface area contributed by atoms with E-state index in [9.17, 15) is 4.79 Å². The van der Waals surface area contributed by atoms with Gasteiger partial charge in [-0.15, -0.1) is 10.2 Å². The van der Waals surface area contributed by atoms with Gasteiger partial charge in [0.1, 0.15) is 5.75 Å². The third kappa shape index (κ3) is 3.16. The third-order valence-electron chi connectivity index (χ3n) is 5.76. The molecule has 2 aromatic heterocycles. The zero-order valence-corrected chi connectivity index (χ0v) is 16.6. The van der Waals surface area contributed by atoms with Gasteiger partial charge in [-0.25, -0.2) is 4.79 Å². The summed E-state index contributed by atoms with van der Waals surface area (Å²) in [5.41, 5.74) is 1.82. The molecule has 0 saturated carbocycles. The lowest BCUT2D eigenvalue weighted by molar-refractivity contribution is 0.0508. The molecule has 0 radical (unpaired) electrons. The topological polar surface area (TPSA) is 103 Å². The Balaban J connectivity index is 1.27. The van der Waals surface area contributed by atoms with Crippen molar-refractivity contribution in [2.45, 2.75) is 25.2 Å². The summed E-state index contributed by atoms with van der Waals surface area (Å²) in [6.45, 7) is 4.44. The number of ether oxygens (including phenoxy) is 2. The number of nitrogens with zero attached hydrogens (tertiary/aromatic N) is 5. The molecule has 9 nitrogen and oxygen atoms in total. The van der Waals surface area contributed by atoms with Crippen molar-refractivity contribution in [3.8, 4) is 17.3 Å². The van der Waals surface area contributed by atoms with Crippen molar-refractivity contribution in [1.29, 1.82) is 0 Å². The van der Waals surface area contributed by atoms with Gasteiger partial charge < -0.3 is 18.9 Å². The highest BCUT2D eigenvalue weighted by Gasteiger charge is 2.43. The SMILES string of the molecule is CCOC(=O)c1noc(-c2ccc(N3CCC4(CC3)COc3ccccc34)nn2)n1. The molecule has 0 amide bonds. The first kappa shape index (κ1) is 18.5. The molecule has 3 aromatic rings. The molecular weight excluding hydrogens is 386 g/mol. The molecule has 4 heterocycles. The van der Waals surface area contributed by atoms with Crippen LogP contribution in [-0.4, -0.2) is 52.6 Å². The molecule has 154 valence electrons. The van der Waals surface area contributed by atoms with E-state index in [2.05, 4.69) is 37.4 Å². The van der Waals surface area contributed by atoms with E-state index in [1.54, 1.807) is 13.0 Å². The fourth-order valence-corrected chi connectivity index (χ4v) is 4.12. The van der Waals surface area contributed by atoms with E-state index in [-0.39, 0.29) is 23.7 Å². The van der Waals surface area contributed by atoms with E-state index in [4.69, 9.17) is 14.0 Å². The summed E-state index contributed by atoms with van der Waals surface area (Å²) in [5.74, 6) is 1.19. The first-order chi connectivity index (χ1) is 14.7. The lowest BCUT2D eigenvalue weighted by atomic mass is 9.74. The van der Waals surface area contributed by atoms with E-state index >= 15 is 0 Å². The molecule has 9 heteroatoms. The van der Waals surface area contributed by atoms with E-state index < -0.39 is 5.97 Å². The van der Waals surface area contributed by atoms with E-state index in [1.807, 2.05) is 18.2 Å². The summed E-state index contributed by atoms with van der Waals surface area (Å²) in [6.07, 6.45) is 2.00. The van der Waals surface area contributed by atoms with Crippen LogP contribution in [0.5, 0.6) is 5.75 Å². The van der Waals surface area contributed by atoms with Gasteiger partial charge in [0.15, 0.2) is 11.5 Å². The Morgan fingerprint density at radius 2 is 2.00 bits per heavy atom. The fraction of sp³-hybridized carbons (Fsp3) is 0.381. The lowest BCUT2D eigenvalue weighted by Gasteiger charge is -2.38. The molecule has 0 N–H and O–H groups in total. The van der Waals surface area contributed by atoms with Crippen LogP contribution in [0.15, 0.2) is 40.9 Å². The number of benzene rings is 1. The normalized spacial score (nSPS) is 16.9. The van der Waals surface area contributed by atoms with Gasteiger partial charge in [0, 0.05) is 24.1 Å². The van der Waals surface area contributed by atoms with Gasteiger partial charge in [0.2, 0.25) is 0 Å². The largest absolute Gasteiger partial charge is 0.492 e. The second kappa shape index (κ2) is 7.40. The first-order valence-electron chi connectivity index (χ1n) is 10.0. The summed E-state index contributed by atoms with van der Waals surface area (Å²) in [6, 6.07) is 12.0. The maximum absolute atomic E-state index is 11.7. The van der Waals surface area contributed by atoms with Crippen LogP contribution in [0.1, 0.15) is 35.9 Å². The minimum Gasteiger partial charge on any atom is -0.492 e. The number of fused-ring (bicyclic) bond motifs is 2. The number of para-hydroxylation sites is 1. The molecule has 1 fully saturated rings. The second-order valence-corrected chi connectivity index (χ2v) is 7.47. The maximum Gasteiger partial charge on any atom is 0.379 e. The van der Waals surface area contributed by atoms with Crippen LogP contribution in [0.3, 0.4) is 0 Å². The van der Waals surface area contributed by atoms with E-state index in [1.165, 1.54) is 5.56 Å². The predicted octanol–water partition coefficient (Wildman–Crippen LogP) is 2.63. The van der Waals surface area contributed by atoms with Gasteiger partial charge in [-0.3, -0.25) is 0 Å². The molecule has 2 aliphatic rings. The van der Waals surface area contributed by atoms with Crippen molar-refractivity contribution in [2.24, 2.45) is 0 Å². The molecule has 0 atom stereocenters. The van der Waals surface area contributed by atoms with Crippen molar-refractivity contribution in [1.82, 2.24) is 20.3 Å². The van der Waals surface area contributed by atoms with Crippen LogP contribution >= 0.6 is 0 Å². The number of rotatable bonds is 4. The van der Waals surface area contributed by atoms with Gasteiger partial charge in [0.25, 0.3) is 11.7 Å². The van der Waals surface area contributed by atoms with E-state index in [0.717, 1.165) is 44.1 Å². The Bertz CT molecular complexity index is 1060. The van der Waals surface area contributed by atoms with Gasteiger partial charge in [-0.05, 0) is 43.1 Å². The Morgan fingerprint density at radius 3 is 2.77 bits per heavy atom. The smallest absolute Gasteiger partial charge is 0.379 e. The lowest BCUT2D eigenvalue weighted by Crippen LogP contribution is -2.44. The van der Waals surface area contributed by atoms with Crippen LogP contribution in [0.4, 0.5) is 5.82 Å². The van der Waals surface area contributed by atoms with Gasteiger partial charge >= 0.3 is 5.97 Å². The Kier molecular flexibility index (Phi) is 4.57. The van der Waals surface area contributed by atoms with Crippen molar-refractivity contribution < 1.29 is 18.8 Å². The highest BCUT2D eigenvalue weighted by molar-refractivity contribution is 5.85. The Morgan fingerprint density at radius 1 is 1.17 bits per heavy atom. The third-order valence-corrected chi connectivity index (χ3v) is 5.76. The summed E-state index contributed by atoms with van der Waals surface area (Å²) in [4.78, 5) is 17.9. The molecule has 1 aromatic carbocycles. The zero-order chi connectivity index (χ0) is 20.6. The highest BCUT2D eigenvalue weighted by Crippen LogP contribution is 2.45. The van der Waals surface area contributed by atoms with E-state index in [0.29, 0.717) is 5.69 Å². The van der Waals surface area contributed by atoms with Gasteiger partial charge in [-0.1, -0.05) is 18.2 Å². The van der Waals surface area contributed by atoms with Crippen molar-refractivity contribution >= 4 is 11.8 Å². The fourth-order valence-electron chi connectivity index (χ4n) is 4.12. The van der Waals surface area contributed by atoms with Crippen LogP contribution in [0, 0.1) is 0 Å². The molecule has 5 rings (SSSR count). The average Bonchev–Trinajstić information content (AvgIpc) is 3.42. The minimum atomic E-state index is -0.628. The van der Waals surface area contributed by atoms with Crippen molar-refractivity contribution in [3.05, 3.63) is 47.8 Å².